The second-order valence-corrected chi connectivity index (χ2v) is 4.25. The molecule has 0 saturated carbocycles. The number of H-pyrrole nitrogens is 1. The van der Waals surface area contributed by atoms with Crippen molar-refractivity contribution in [3.05, 3.63) is 27.2 Å². The molecule has 1 fully saturated rings. The maximum Gasteiger partial charge on any atom is 0.347 e. The molecule has 2 unspecified atom stereocenters. The molecule has 2 bridgehead atoms. The average molecular weight is 237 g/mol. The van der Waals surface area contributed by atoms with Crippen LogP contribution in [0.3, 0.4) is 0 Å². The first-order valence-corrected chi connectivity index (χ1v) is 5.33. The van der Waals surface area contributed by atoms with E-state index in [1.54, 1.807) is 0 Å². The minimum absolute atomic E-state index is 0.0785. The van der Waals surface area contributed by atoms with Crippen molar-refractivity contribution in [2.24, 2.45) is 0 Å². The van der Waals surface area contributed by atoms with Crippen LogP contribution in [0.15, 0.2) is 4.79 Å². The maximum atomic E-state index is 11.7. The molecule has 6 nitrogen and oxygen atoms in total. The van der Waals surface area contributed by atoms with E-state index >= 15 is 0 Å². The molecule has 0 aromatic carbocycles. The summed E-state index contributed by atoms with van der Waals surface area (Å²) in [5, 5.41) is 9.98. The molecule has 1 aromatic heterocycles. The number of ether oxygens (including phenoxy) is 2. The zero-order chi connectivity index (χ0) is 12.2. The summed E-state index contributed by atoms with van der Waals surface area (Å²) in [7, 11) is 1.17. The van der Waals surface area contributed by atoms with Crippen molar-refractivity contribution in [1.82, 2.24) is 4.98 Å². The van der Waals surface area contributed by atoms with Gasteiger partial charge in [-0.1, -0.05) is 0 Å². The lowest BCUT2D eigenvalue weighted by molar-refractivity contribution is -0.140. The highest BCUT2D eigenvalue weighted by molar-refractivity contribution is 5.92. The third kappa shape index (κ3) is 1.30. The molecule has 0 radical (unpaired) electrons. The highest BCUT2D eigenvalue weighted by Crippen LogP contribution is 2.45. The van der Waals surface area contributed by atoms with E-state index in [2.05, 4.69) is 9.72 Å². The van der Waals surface area contributed by atoms with Crippen LogP contribution in [0.5, 0.6) is 5.75 Å². The highest BCUT2D eigenvalue weighted by atomic mass is 16.5. The largest absolute Gasteiger partial charge is 0.506 e. The maximum absolute atomic E-state index is 11.7. The number of methoxy groups -OCH3 is 1. The summed E-state index contributed by atoms with van der Waals surface area (Å²) in [5.41, 5.74) is 0.217. The number of carbonyl (C=O) groups excluding carboxylic acids is 1. The fourth-order valence-corrected chi connectivity index (χ4v) is 2.42. The van der Waals surface area contributed by atoms with Crippen LogP contribution >= 0.6 is 0 Å². The van der Waals surface area contributed by atoms with Gasteiger partial charge in [0.25, 0.3) is 5.56 Å². The van der Waals surface area contributed by atoms with Gasteiger partial charge >= 0.3 is 5.97 Å². The number of esters is 1. The highest BCUT2D eigenvalue weighted by Gasteiger charge is 2.41. The van der Waals surface area contributed by atoms with E-state index in [-0.39, 0.29) is 23.5 Å². The summed E-state index contributed by atoms with van der Waals surface area (Å²) >= 11 is 0. The van der Waals surface area contributed by atoms with E-state index in [0.717, 1.165) is 6.42 Å². The average Bonchev–Trinajstić information content (AvgIpc) is 2.26. The summed E-state index contributed by atoms with van der Waals surface area (Å²) in [6.45, 7) is 0. The summed E-state index contributed by atoms with van der Waals surface area (Å²) in [4.78, 5) is 25.7. The number of hydrogen-bond donors (Lipinski definition) is 2. The molecule has 3 aliphatic rings. The van der Waals surface area contributed by atoms with Gasteiger partial charge in [0.1, 0.15) is 11.9 Å². The minimum atomic E-state index is -0.827. The zero-order valence-corrected chi connectivity index (χ0v) is 9.15. The van der Waals surface area contributed by atoms with Crippen molar-refractivity contribution in [2.45, 2.75) is 25.0 Å². The van der Waals surface area contributed by atoms with E-state index in [4.69, 9.17) is 4.74 Å². The molecular formula is C11H11NO5. The van der Waals surface area contributed by atoms with Crippen LogP contribution in [-0.4, -0.2) is 29.3 Å². The standard InChI is InChI=1S/C11H11NO5/c1-16-11(15)7-9(13)5-2-4-3-6(17-4)8(5)12-10(7)14/h4,6H,2-3H2,1H3,(H2,12,13,14). The number of aromatic nitrogens is 1. The first-order valence-electron chi connectivity index (χ1n) is 5.33. The zero-order valence-electron chi connectivity index (χ0n) is 9.15. The van der Waals surface area contributed by atoms with Crippen LogP contribution < -0.4 is 5.56 Å². The molecule has 4 rings (SSSR count). The molecule has 2 atom stereocenters. The van der Waals surface area contributed by atoms with Crippen molar-refractivity contribution in [2.75, 3.05) is 7.11 Å². The Morgan fingerprint density at radius 3 is 2.94 bits per heavy atom. The summed E-state index contributed by atoms with van der Waals surface area (Å²) in [6.07, 6.45) is 1.28. The van der Waals surface area contributed by atoms with Crippen LogP contribution in [0.4, 0.5) is 0 Å². The molecule has 0 amide bonds. The topological polar surface area (TPSA) is 88.6 Å². The minimum Gasteiger partial charge on any atom is -0.506 e. The number of carbonyl (C=O) groups is 1. The lowest BCUT2D eigenvalue weighted by Crippen LogP contribution is -2.41. The van der Waals surface area contributed by atoms with Crippen LogP contribution in [0.25, 0.3) is 0 Å². The number of rotatable bonds is 1. The molecule has 1 aliphatic carbocycles. The van der Waals surface area contributed by atoms with E-state index < -0.39 is 11.5 Å². The third-order valence-electron chi connectivity index (χ3n) is 3.30. The summed E-state index contributed by atoms with van der Waals surface area (Å²) in [5.74, 6) is -1.10. The Morgan fingerprint density at radius 2 is 2.29 bits per heavy atom. The molecule has 3 heterocycles. The fraction of sp³-hybridized carbons (Fsp3) is 0.455. The molecule has 1 saturated heterocycles. The van der Waals surface area contributed by atoms with E-state index in [0.29, 0.717) is 17.7 Å². The van der Waals surface area contributed by atoms with Crippen molar-refractivity contribution >= 4 is 5.97 Å². The number of aromatic amines is 1. The SMILES string of the molecule is COC(=O)c1c(O)c2c([nH]c1=O)C1CC(C2)O1. The van der Waals surface area contributed by atoms with Gasteiger partial charge in [-0.05, 0) is 0 Å². The van der Waals surface area contributed by atoms with Crippen LogP contribution in [0.2, 0.25) is 0 Å². The lowest BCUT2D eigenvalue weighted by atomic mass is 9.85. The Kier molecular flexibility index (Phi) is 2.03. The van der Waals surface area contributed by atoms with Crippen molar-refractivity contribution in [1.29, 1.82) is 0 Å². The molecule has 0 spiro atoms. The van der Waals surface area contributed by atoms with Crippen molar-refractivity contribution in [3.8, 4) is 5.75 Å². The number of pyridine rings is 1. The normalized spacial score (nSPS) is 24.8. The van der Waals surface area contributed by atoms with Gasteiger partial charge in [-0.25, -0.2) is 4.79 Å². The second kappa shape index (κ2) is 3.33. The molecule has 17 heavy (non-hydrogen) atoms. The second-order valence-electron chi connectivity index (χ2n) is 4.25. The molecule has 2 N–H and O–H groups in total. The Bertz CT molecular complexity index is 556. The van der Waals surface area contributed by atoms with Crippen LogP contribution in [-0.2, 0) is 15.9 Å². The van der Waals surface area contributed by atoms with Gasteiger partial charge < -0.3 is 19.6 Å². The van der Waals surface area contributed by atoms with E-state index in [9.17, 15) is 14.7 Å². The predicted octanol–water partition coefficient (Wildman–Crippen LogP) is 0.253. The van der Waals surface area contributed by atoms with Gasteiger partial charge in [0.05, 0.1) is 18.9 Å². The van der Waals surface area contributed by atoms with Gasteiger partial charge in [-0.2, -0.15) is 0 Å². The van der Waals surface area contributed by atoms with Crippen LogP contribution in [0.1, 0.15) is 34.1 Å². The number of hydrogen-bond acceptors (Lipinski definition) is 5. The molecule has 2 aliphatic heterocycles. The first kappa shape index (κ1) is 10.3. The number of nitrogens with one attached hydrogen (secondary N) is 1. The first-order chi connectivity index (χ1) is 8.11. The van der Waals surface area contributed by atoms with Gasteiger partial charge in [-0.3, -0.25) is 4.79 Å². The predicted molar refractivity (Wildman–Crippen MR) is 56.0 cm³/mol. The Hall–Kier alpha value is -1.82. The fourth-order valence-electron chi connectivity index (χ4n) is 2.42. The molecule has 6 heteroatoms. The summed E-state index contributed by atoms with van der Waals surface area (Å²) in [6, 6.07) is 0. The smallest absolute Gasteiger partial charge is 0.347 e. The molecular weight excluding hydrogens is 226 g/mol. The van der Waals surface area contributed by atoms with Crippen LogP contribution in [0, 0.1) is 0 Å². The summed E-state index contributed by atoms with van der Waals surface area (Å²) < 4.78 is 9.92. The van der Waals surface area contributed by atoms with Crippen molar-refractivity contribution in [3.63, 3.8) is 0 Å². The Balaban J connectivity index is 2.21. The quantitative estimate of drug-likeness (QED) is 0.683. The third-order valence-corrected chi connectivity index (χ3v) is 3.30. The van der Waals surface area contributed by atoms with Gasteiger partial charge in [0.15, 0.2) is 5.56 Å². The Labute approximate surface area is 96.2 Å². The monoisotopic (exact) mass is 237 g/mol. The number of aromatic hydroxyl groups is 1. The van der Waals surface area contributed by atoms with Gasteiger partial charge in [-0.15, -0.1) is 0 Å². The van der Waals surface area contributed by atoms with Gasteiger partial charge in [0.2, 0.25) is 0 Å². The van der Waals surface area contributed by atoms with Crippen molar-refractivity contribution < 1.29 is 19.4 Å². The van der Waals surface area contributed by atoms with Gasteiger partial charge in [0, 0.05) is 18.4 Å². The Morgan fingerprint density at radius 1 is 1.59 bits per heavy atom. The lowest BCUT2D eigenvalue weighted by Gasteiger charge is -2.42. The molecule has 1 aromatic rings. The van der Waals surface area contributed by atoms with E-state index in [1.807, 2.05) is 0 Å². The van der Waals surface area contributed by atoms with E-state index in [1.165, 1.54) is 7.11 Å². The molecule has 90 valence electrons.